The minimum Gasteiger partial charge on any atom is -0.383 e. The minimum absolute atomic E-state index is 0.318. The van der Waals surface area contributed by atoms with Crippen LogP contribution in [0.25, 0.3) is 22.2 Å². The summed E-state index contributed by atoms with van der Waals surface area (Å²) in [7, 11) is 1.85. The van der Waals surface area contributed by atoms with E-state index in [1.54, 1.807) is 16.9 Å². The predicted molar refractivity (Wildman–Crippen MR) is 106 cm³/mol. The van der Waals surface area contributed by atoms with Gasteiger partial charge < -0.3 is 10.5 Å². The van der Waals surface area contributed by atoms with Gasteiger partial charge in [-0.25, -0.2) is 9.37 Å². The van der Waals surface area contributed by atoms with Gasteiger partial charge >= 0.3 is 0 Å². The van der Waals surface area contributed by atoms with Crippen molar-refractivity contribution in [3.8, 4) is 11.3 Å². The summed E-state index contributed by atoms with van der Waals surface area (Å²) >= 11 is 1.45. The second-order valence-corrected chi connectivity index (χ2v) is 6.32. The lowest BCUT2D eigenvalue weighted by molar-refractivity contribution is 0.633. The van der Waals surface area contributed by atoms with Crippen LogP contribution in [0.4, 0.5) is 15.9 Å². The van der Waals surface area contributed by atoms with E-state index in [1.807, 2.05) is 40.8 Å². The van der Waals surface area contributed by atoms with Gasteiger partial charge in [0, 0.05) is 24.6 Å². The zero-order valence-electron chi connectivity index (χ0n) is 15.2. The molecule has 3 rings (SSSR count). The maximum absolute atomic E-state index is 14.3. The summed E-state index contributed by atoms with van der Waals surface area (Å²) in [5.41, 5.74) is 9.71. The second kappa shape index (κ2) is 8.20. The van der Waals surface area contributed by atoms with Gasteiger partial charge in [0.2, 0.25) is 0 Å². The van der Waals surface area contributed by atoms with Gasteiger partial charge in [0.05, 0.1) is 16.6 Å². The third-order valence-electron chi connectivity index (χ3n) is 3.64. The number of aromatic nitrogens is 3. The topological polar surface area (TPSA) is 68.8 Å². The molecule has 0 radical (unpaired) electrons. The monoisotopic (exact) mass is 361 g/mol. The number of nitrogen functional groups attached to an aromatic ring is 1. The Hall–Kier alpha value is -2.28. The fourth-order valence-corrected chi connectivity index (χ4v) is 3.07. The molecule has 0 amide bonds. The van der Waals surface area contributed by atoms with E-state index >= 15 is 0 Å². The molecule has 134 valence electrons. The summed E-state index contributed by atoms with van der Waals surface area (Å²) in [6.07, 6.45) is 1.72. The first kappa shape index (κ1) is 19.1. The summed E-state index contributed by atoms with van der Waals surface area (Å²) in [5, 5.41) is 5.28. The third kappa shape index (κ3) is 3.71. The van der Waals surface area contributed by atoms with Crippen molar-refractivity contribution in [1.29, 1.82) is 0 Å². The molecule has 1 aromatic carbocycles. The summed E-state index contributed by atoms with van der Waals surface area (Å²) < 4.78 is 19.0. The number of nitrogens with two attached hydrogens (primary N) is 1. The van der Waals surface area contributed by atoms with Crippen LogP contribution in [0.5, 0.6) is 0 Å². The largest absolute Gasteiger partial charge is 0.383 e. The van der Waals surface area contributed by atoms with E-state index in [1.165, 1.54) is 18.0 Å². The van der Waals surface area contributed by atoms with Crippen LogP contribution in [0.2, 0.25) is 0 Å². The molecule has 3 N–H and O–H groups in total. The molecule has 3 aromatic rings. The van der Waals surface area contributed by atoms with Gasteiger partial charge in [-0.1, -0.05) is 38.8 Å². The van der Waals surface area contributed by atoms with E-state index in [-0.39, 0.29) is 5.82 Å². The molecule has 0 spiro atoms. The highest BCUT2D eigenvalue weighted by atomic mass is 32.2. The molecule has 2 aromatic heterocycles. The Morgan fingerprint density at radius 1 is 1.32 bits per heavy atom. The molecule has 0 atom stereocenters. The maximum atomic E-state index is 14.3. The summed E-state index contributed by atoms with van der Waals surface area (Å²) in [6, 6.07) is 5.03. The Morgan fingerprint density at radius 3 is 2.68 bits per heavy atom. The summed E-state index contributed by atoms with van der Waals surface area (Å²) in [5.74, 6) is 0.937. The molecule has 25 heavy (non-hydrogen) atoms. The molecule has 0 saturated heterocycles. The highest BCUT2D eigenvalue weighted by Gasteiger charge is 2.17. The van der Waals surface area contributed by atoms with E-state index in [0.29, 0.717) is 22.8 Å². The number of nitrogens with one attached hydrogen (secondary N) is 1. The fraction of sp³-hybridized carbons (Fsp3) is 0.333. The molecule has 0 aliphatic heterocycles. The molecule has 0 saturated carbocycles. The van der Waals surface area contributed by atoms with Crippen molar-refractivity contribution in [1.82, 2.24) is 14.8 Å². The Morgan fingerprint density at radius 2 is 2.04 bits per heavy atom. The van der Waals surface area contributed by atoms with Gasteiger partial charge in [0.25, 0.3) is 0 Å². The van der Waals surface area contributed by atoms with Crippen molar-refractivity contribution in [3.05, 3.63) is 35.8 Å². The molecular formula is C18H24FN5S. The molecule has 0 aliphatic rings. The normalized spacial score (nSPS) is 10.5. The van der Waals surface area contributed by atoms with Crippen LogP contribution in [0, 0.1) is 12.7 Å². The van der Waals surface area contributed by atoms with Crippen molar-refractivity contribution >= 4 is 34.4 Å². The molecule has 0 fully saturated rings. The Balaban J connectivity index is 0.00000109. The number of hydrogen-bond acceptors (Lipinski definition) is 5. The smallest absolute Gasteiger partial charge is 0.147 e. The van der Waals surface area contributed by atoms with Gasteiger partial charge in [0.15, 0.2) is 0 Å². The number of benzene rings is 1. The highest BCUT2D eigenvalue weighted by Crippen LogP contribution is 2.34. The standard InChI is InChI=1S/C16H18FN5S.C2H6/c1-4-23-21-12-6-5-10(7-11(12)17)14-13-15(22(3)20-14)9(2)8-19-16(13)18;1-2/h5-8,21H,4H2,1-3H3,(H2,18,19);1-2H3. The molecule has 0 aliphatic carbocycles. The average Bonchev–Trinajstić information content (AvgIpc) is 2.97. The van der Waals surface area contributed by atoms with E-state index in [4.69, 9.17) is 5.73 Å². The van der Waals surface area contributed by atoms with Crippen molar-refractivity contribution in [2.75, 3.05) is 16.2 Å². The van der Waals surface area contributed by atoms with Gasteiger partial charge in [-0.2, -0.15) is 5.10 Å². The molecule has 7 heteroatoms. The van der Waals surface area contributed by atoms with Crippen molar-refractivity contribution in [3.63, 3.8) is 0 Å². The van der Waals surface area contributed by atoms with Crippen LogP contribution >= 0.6 is 11.9 Å². The zero-order chi connectivity index (χ0) is 18.6. The number of aryl methyl sites for hydroxylation is 2. The van der Waals surface area contributed by atoms with Gasteiger partial charge in [-0.15, -0.1) is 0 Å². The highest BCUT2D eigenvalue weighted by molar-refractivity contribution is 8.00. The Labute approximate surface area is 152 Å². The van der Waals surface area contributed by atoms with Crippen LogP contribution in [0.15, 0.2) is 24.4 Å². The molecule has 0 bridgehead atoms. The van der Waals surface area contributed by atoms with Crippen LogP contribution < -0.4 is 10.5 Å². The quantitative estimate of drug-likeness (QED) is 0.655. The number of fused-ring (bicyclic) bond motifs is 1. The molecular weight excluding hydrogens is 337 g/mol. The SMILES string of the molecule is CC.CCSNc1ccc(-c2nn(C)c3c(C)cnc(N)c23)cc1F. The van der Waals surface area contributed by atoms with E-state index < -0.39 is 0 Å². The lowest BCUT2D eigenvalue weighted by Crippen LogP contribution is -1.95. The number of hydrogen-bond donors (Lipinski definition) is 2. The van der Waals surface area contributed by atoms with Gasteiger partial charge in [-0.3, -0.25) is 4.68 Å². The number of rotatable bonds is 4. The van der Waals surface area contributed by atoms with Crippen LogP contribution in [0.1, 0.15) is 26.3 Å². The average molecular weight is 361 g/mol. The van der Waals surface area contributed by atoms with Gasteiger partial charge in [-0.05, 0) is 24.6 Å². The number of halogens is 1. The summed E-state index contributed by atoms with van der Waals surface area (Å²) in [6.45, 7) is 7.96. The van der Waals surface area contributed by atoms with E-state index in [2.05, 4.69) is 14.8 Å². The minimum atomic E-state index is -0.318. The van der Waals surface area contributed by atoms with Crippen molar-refractivity contribution < 1.29 is 4.39 Å². The molecule has 2 heterocycles. The van der Waals surface area contributed by atoms with E-state index in [9.17, 15) is 4.39 Å². The van der Waals surface area contributed by atoms with Crippen LogP contribution in [-0.2, 0) is 7.05 Å². The number of nitrogens with zero attached hydrogens (tertiary/aromatic N) is 3. The molecule has 5 nitrogen and oxygen atoms in total. The third-order valence-corrected chi connectivity index (χ3v) is 4.30. The summed E-state index contributed by atoms with van der Waals surface area (Å²) in [4.78, 5) is 4.20. The van der Waals surface area contributed by atoms with E-state index in [0.717, 1.165) is 22.2 Å². The van der Waals surface area contributed by atoms with Crippen molar-refractivity contribution in [2.24, 2.45) is 7.05 Å². The lowest BCUT2D eigenvalue weighted by atomic mass is 10.1. The van der Waals surface area contributed by atoms with Crippen molar-refractivity contribution in [2.45, 2.75) is 27.7 Å². The maximum Gasteiger partial charge on any atom is 0.147 e. The number of pyridine rings is 1. The first-order chi connectivity index (χ1) is 12.0. The van der Waals surface area contributed by atoms with Crippen LogP contribution in [0.3, 0.4) is 0 Å². The van der Waals surface area contributed by atoms with Crippen LogP contribution in [-0.4, -0.2) is 20.5 Å². The number of anilines is 2. The Kier molecular flexibility index (Phi) is 6.25. The first-order valence-corrected chi connectivity index (χ1v) is 9.27. The zero-order valence-corrected chi connectivity index (χ0v) is 16.0. The lowest BCUT2D eigenvalue weighted by Gasteiger charge is -2.07. The Bertz CT molecular complexity index is 876. The first-order valence-electron chi connectivity index (χ1n) is 8.28. The van der Waals surface area contributed by atoms with Gasteiger partial charge in [0.1, 0.15) is 17.3 Å². The second-order valence-electron chi connectivity index (χ2n) is 5.25. The predicted octanol–water partition coefficient (Wildman–Crippen LogP) is 4.77. The fourth-order valence-electron chi connectivity index (χ4n) is 2.61. The molecule has 0 unspecified atom stereocenters.